The first-order valence-corrected chi connectivity index (χ1v) is 4.66. The Morgan fingerprint density at radius 3 is 2.18 bits per heavy atom. The predicted molar refractivity (Wildman–Crippen MR) is 48.8 cm³/mol. The van der Waals surface area contributed by atoms with Crippen LogP contribution in [0.5, 0.6) is 0 Å². The summed E-state index contributed by atoms with van der Waals surface area (Å²) in [5, 5.41) is 4.16. The summed E-state index contributed by atoms with van der Waals surface area (Å²) in [6.45, 7) is 0.520. The van der Waals surface area contributed by atoms with Crippen molar-refractivity contribution in [3.05, 3.63) is 0 Å². The van der Waals surface area contributed by atoms with Crippen LogP contribution in [0.25, 0.3) is 0 Å². The molecule has 0 saturated heterocycles. The van der Waals surface area contributed by atoms with E-state index in [9.17, 15) is 26.7 Å². The van der Waals surface area contributed by atoms with Crippen LogP contribution in [0.15, 0.2) is 0 Å². The number of halogens is 5. The molecule has 1 amide bonds. The van der Waals surface area contributed by atoms with E-state index in [1.165, 1.54) is 12.4 Å². The van der Waals surface area contributed by atoms with Crippen LogP contribution in [0.1, 0.15) is 0 Å². The summed E-state index contributed by atoms with van der Waals surface area (Å²) in [5.74, 6) is -7.71. The number of ether oxygens (including phenoxy) is 1. The Kier molecular flexibility index (Phi) is 6.32. The second kappa shape index (κ2) is 6.70. The number of rotatable bonds is 7. The van der Waals surface area contributed by atoms with Crippen LogP contribution in [0.3, 0.4) is 0 Å². The van der Waals surface area contributed by atoms with E-state index in [0.717, 1.165) is 0 Å². The summed E-state index contributed by atoms with van der Waals surface area (Å²) in [6.07, 6.45) is -5.87. The zero-order chi connectivity index (χ0) is 13.5. The van der Waals surface area contributed by atoms with Crippen molar-refractivity contribution in [2.24, 2.45) is 0 Å². The van der Waals surface area contributed by atoms with E-state index in [-0.39, 0.29) is 13.1 Å². The lowest BCUT2D eigenvalue weighted by atomic mass is 10.3. The van der Waals surface area contributed by atoms with Crippen molar-refractivity contribution in [2.45, 2.75) is 12.1 Å². The lowest BCUT2D eigenvalue weighted by Crippen LogP contribution is -2.51. The molecule has 0 aliphatic rings. The van der Waals surface area contributed by atoms with Crippen LogP contribution < -0.4 is 10.6 Å². The van der Waals surface area contributed by atoms with Gasteiger partial charge in [-0.25, -0.2) is 0 Å². The molecule has 17 heavy (non-hydrogen) atoms. The molecule has 9 heteroatoms. The summed E-state index contributed by atoms with van der Waals surface area (Å²) >= 11 is 0. The van der Waals surface area contributed by atoms with Crippen LogP contribution >= 0.6 is 0 Å². The first-order chi connectivity index (χ1) is 7.73. The number of alkyl halides is 5. The van der Waals surface area contributed by atoms with Gasteiger partial charge in [-0.3, -0.25) is 4.79 Å². The van der Waals surface area contributed by atoms with E-state index in [1.807, 2.05) is 0 Å². The summed E-state index contributed by atoms with van der Waals surface area (Å²) < 4.78 is 64.6. The molecule has 102 valence electrons. The lowest BCUT2D eigenvalue weighted by molar-refractivity contribution is -0.269. The molecule has 0 aromatic heterocycles. The van der Waals surface area contributed by atoms with Gasteiger partial charge in [0.25, 0.3) is 5.91 Å². The van der Waals surface area contributed by atoms with Gasteiger partial charge in [0.1, 0.15) is 0 Å². The number of nitrogens with one attached hydrogen (secondary N) is 2. The van der Waals surface area contributed by atoms with Gasteiger partial charge < -0.3 is 15.4 Å². The maximum atomic E-state index is 12.4. The Labute approximate surface area is 94.5 Å². The molecule has 0 saturated carbocycles. The Hall–Kier alpha value is -0.960. The molecule has 0 atom stereocenters. The fourth-order valence-electron chi connectivity index (χ4n) is 0.803. The van der Waals surface area contributed by atoms with Crippen molar-refractivity contribution < 1.29 is 31.5 Å². The van der Waals surface area contributed by atoms with Gasteiger partial charge in [0, 0.05) is 26.7 Å². The highest BCUT2D eigenvalue weighted by Gasteiger charge is 2.63. The summed E-state index contributed by atoms with van der Waals surface area (Å²) in [4.78, 5) is 10.6. The van der Waals surface area contributed by atoms with Crippen molar-refractivity contribution in [1.29, 1.82) is 0 Å². The molecule has 4 nitrogen and oxygen atoms in total. The smallest absolute Gasteiger partial charge is 0.383 e. The molecule has 0 heterocycles. The average Bonchev–Trinajstić information content (AvgIpc) is 2.21. The molecule has 0 aliphatic carbocycles. The van der Waals surface area contributed by atoms with Gasteiger partial charge in [-0.1, -0.05) is 0 Å². The molecule has 0 radical (unpaired) electrons. The molecular formula is C8H13F5N2O2. The predicted octanol–water partition coefficient (Wildman–Crippen LogP) is 0.536. The molecule has 0 bridgehead atoms. The van der Waals surface area contributed by atoms with E-state index < -0.39 is 18.0 Å². The SMILES string of the molecule is COCCNCCNC(=O)C(F)(F)C(F)(F)F. The van der Waals surface area contributed by atoms with Gasteiger partial charge in [0.15, 0.2) is 0 Å². The van der Waals surface area contributed by atoms with E-state index in [2.05, 4.69) is 10.1 Å². The van der Waals surface area contributed by atoms with Crippen LogP contribution in [-0.2, 0) is 9.53 Å². The highest BCUT2D eigenvalue weighted by atomic mass is 19.4. The topological polar surface area (TPSA) is 50.4 Å². The molecule has 0 fully saturated rings. The normalized spacial score (nSPS) is 12.6. The average molecular weight is 264 g/mol. The van der Waals surface area contributed by atoms with Crippen molar-refractivity contribution >= 4 is 5.91 Å². The molecule has 0 spiro atoms. The minimum Gasteiger partial charge on any atom is -0.383 e. The maximum absolute atomic E-state index is 12.4. The van der Waals surface area contributed by atoms with Crippen LogP contribution in [-0.4, -0.2) is 51.4 Å². The van der Waals surface area contributed by atoms with Crippen molar-refractivity contribution in [2.75, 3.05) is 33.4 Å². The minimum absolute atomic E-state index is 0.0725. The van der Waals surface area contributed by atoms with Crippen molar-refractivity contribution in [3.63, 3.8) is 0 Å². The molecule has 0 aromatic carbocycles. The second-order valence-electron chi connectivity index (χ2n) is 3.07. The Bertz CT molecular complexity index is 245. The highest BCUT2D eigenvalue weighted by Crippen LogP contribution is 2.35. The number of hydrogen-bond donors (Lipinski definition) is 2. The van der Waals surface area contributed by atoms with Gasteiger partial charge in [-0.2, -0.15) is 22.0 Å². The number of methoxy groups -OCH3 is 1. The molecule has 0 rings (SSSR count). The highest BCUT2D eigenvalue weighted by molar-refractivity contribution is 5.84. The number of carbonyl (C=O) groups is 1. The lowest BCUT2D eigenvalue weighted by Gasteiger charge is -2.18. The molecule has 0 aliphatic heterocycles. The Morgan fingerprint density at radius 2 is 1.71 bits per heavy atom. The van der Waals surface area contributed by atoms with Gasteiger partial charge in [0.05, 0.1) is 6.61 Å². The fraction of sp³-hybridized carbons (Fsp3) is 0.875. The van der Waals surface area contributed by atoms with Crippen molar-refractivity contribution in [1.82, 2.24) is 10.6 Å². The van der Waals surface area contributed by atoms with Crippen LogP contribution in [0.2, 0.25) is 0 Å². The van der Waals surface area contributed by atoms with Gasteiger partial charge in [-0.15, -0.1) is 0 Å². The zero-order valence-electron chi connectivity index (χ0n) is 9.03. The van der Waals surface area contributed by atoms with Crippen molar-refractivity contribution in [3.8, 4) is 0 Å². The standard InChI is InChI=1S/C8H13F5N2O2/c1-17-5-4-14-2-3-15-6(16)7(9,10)8(11,12)13/h14H,2-5H2,1H3,(H,15,16). The Morgan fingerprint density at radius 1 is 1.12 bits per heavy atom. The second-order valence-corrected chi connectivity index (χ2v) is 3.07. The third-order valence-corrected chi connectivity index (χ3v) is 1.71. The fourth-order valence-corrected chi connectivity index (χ4v) is 0.803. The van der Waals surface area contributed by atoms with Gasteiger partial charge >= 0.3 is 12.1 Å². The van der Waals surface area contributed by atoms with Gasteiger partial charge in [-0.05, 0) is 0 Å². The molecule has 0 aromatic rings. The minimum atomic E-state index is -5.87. The van der Waals surface area contributed by atoms with Crippen LogP contribution in [0, 0.1) is 0 Å². The van der Waals surface area contributed by atoms with Crippen LogP contribution in [0.4, 0.5) is 22.0 Å². The van der Waals surface area contributed by atoms with E-state index in [1.54, 1.807) is 0 Å². The third-order valence-electron chi connectivity index (χ3n) is 1.71. The monoisotopic (exact) mass is 264 g/mol. The van der Waals surface area contributed by atoms with E-state index in [0.29, 0.717) is 13.2 Å². The summed E-state index contributed by atoms with van der Waals surface area (Å²) in [6, 6.07) is 0. The third kappa shape index (κ3) is 5.26. The first kappa shape index (κ1) is 16.0. The number of carbonyl (C=O) groups excluding carboxylic acids is 1. The number of amides is 1. The first-order valence-electron chi connectivity index (χ1n) is 4.66. The molecular weight excluding hydrogens is 251 g/mol. The largest absolute Gasteiger partial charge is 0.463 e. The quantitative estimate of drug-likeness (QED) is 0.521. The summed E-state index contributed by atoms with van der Waals surface area (Å²) in [7, 11) is 1.45. The molecule has 2 N–H and O–H groups in total. The molecule has 0 unspecified atom stereocenters. The van der Waals surface area contributed by atoms with Gasteiger partial charge in [0.2, 0.25) is 0 Å². The van der Waals surface area contributed by atoms with E-state index >= 15 is 0 Å². The summed E-state index contributed by atoms with van der Waals surface area (Å²) in [5.41, 5.74) is 0. The number of hydrogen-bond acceptors (Lipinski definition) is 3. The maximum Gasteiger partial charge on any atom is 0.463 e. The zero-order valence-corrected chi connectivity index (χ0v) is 9.03. The Balaban J connectivity index is 3.87. The van der Waals surface area contributed by atoms with E-state index in [4.69, 9.17) is 0 Å².